The summed E-state index contributed by atoms with van der Waals surface area (Å²) >= 11 is 0. The second-order valence-electron chi connectivity index (χ2n) is 33.8. The first-order valence-corrected chi connectivity index (χ1v) is 44.9. The summed E-state index contributed by atoms with van der Waals surface area (Å²) in [6, 6.07) is 173. The highest BCUT2D eigenvalue weighted by atomic mass is 15.0. The number of aromatic nitrogens is 5. The smallest absolute Gasteiger partial charge is 0.0619 e. The number of rotatable bonds is 10. The molecule has 0 aliphatic rings. The Morgan fingerprint density at radius 2 is 0.415 bits per heavy atom. The van der Waals surface area contributed by atoms with Crippen LogP contribution < -0.4 is 0 Å². The molecule has 620 valence electrons. The van der Waals surface area contributed by atoms with Crippen LogP contribution in [-0.2, 0) is 0 Å². The molecule has 25 rings (SSSR count). The molecule has 5 heterocycles. The van der Waals surface area contributed by atoms with E-state index < -0.39 is 0 Å². The third-order valence-electron chi connectivity index (χ3n) is 25.3. The maximum Gasteiger partial charge on any atom is 0.0619 e. The summed E-state index contributed by atoms with van der Waals surface area (Å²) in [7, 11) is 0. The second-order valence-corrected chi connectivity index (χ2v) is 33.8. The van der Waals surface area contributed by atoms with Crippen LogP contribution >= 0.6 is 0 Å². The number of fused-ring (bicyclic) bond motifs is 15. The van der Waals surface area contributed by atoms with Gasteiger partial charge in [-0.05, 0) is 206 Å². The van der Waals surface area contributed by atoms with Gasteiger partial charge < -0.3 is 22.8 Å². The summed E-state index contributed by atoms with van der Waals surface area (Å²) in [4.78, 5) is 0. The first-order chi connectivity index (χ1) is 64.1. The molecule has 5 aromatic heterocycles. The van der Waals surface area contributed by atoms with Crippen molar-refractivity contribution in [2.75, 3.05) is 0 Å². The van der Waals surface area contributed by atoms with Crippen LogP contribution in [0, 0.1) is 34.6 Å². The third kappa shape index (κ3) is 15.4. The van der Waals surface area contributed by atoms with Gasteiger partial charge in [-0.3, -0.25) is 0 Å². The van der Waals surface area contributed by atoms with E-state index in [1.54, 1.807) is 0 Å². The summed E-state index contributed by atoms with van der Waals surface area (Å²) in [6.07, 6.45) is 0. The fourth-order valence-corrected chi connectivity index (χ4v) is 19.3. The van der Waals surface area contributed by atoms with E-state index in [0.717, 1.165) is 0 Å². The third-order valence-corrected chi connectivity index (χ3v) is 25.3. The van der Waals surface area contributed by atoms with Crippen molar-refractivity contribution in [3.8, 4) is 84.1 Å². The number of hydrogen-bond donors (Lipinski definition) is 0. The Morgan fingerprint density at radius 1 is 0.131 bits per heavy atom. The first kappa shape index (κ1) is 80.5. The molecule has 0 amide bonds. The maximum atomic E-state index is 2.40. The van der Waals surface area contributed by atoms with E-state index in [0.29, 0.717) is 0 Å². The molecule has 0 atom stereocenters. The van der Waals surface area contributed by atoms with Crippen molar-refractivity contribution in [3.63, 3.8) is 0 Å². The molecular formula is C125H95N5. The fourth-order valence-electron chi connectivity index (χ4n) is 19.3. The van der Waals surface area contributed by atoms with Crippen molar-refractivity contribution >= 4 is 109 Å². The van der Waals surface area contributed by atoms with E-state index >= 15 is 0 Å². The summed E-state index contributed by atoms with van der Waals surface area (Å²) in [5.41, 5.74) is 37.6. The van der Waals surface area contributed by atoms with Crippen molar-refractivity contribution < 1.29 is 0 Å². The van der Waals surface area contributed by atoms with Crippen LogP contribution in [0.1, 0.15) is 27.8 Å². The molecule has 0 spiro atoms. The molecule has 0 fully saturated rings. The standard InChI is InChI=1S/5C25H19N/c1-18-12-14-24-22(16-18)23-17-20(19-8-4-2-5-9-19)13-15-25(23)26(24)21-10-6-3-7-11-21;1-18-12-14-22-23-17-20(19-8-4-2-5-9-19)13-15-24(23)26(25(22)16-18)21-10-6-3-7-11-21;1-18-9-7-10-19(17-18)21-14-8-15-23-22-13-5-6-16-24(22)26(25(21)23)20-11-3-2-4-12-20;1-18-10-5-6-13-20(18)22-15-9-16-23-21-14-7-8-17-24(21)26(25(22)23)19-11-3-2-4-12-19;1-18-14-16-19(17-15-18)21-11-7-12-23-22-10-5-6-13-24(22)26(25(21)23)20-8-3-2-4-9-20/h5*2-17H,1H3. The van der Waals surface area contributed by atoms with Crippen molar-refractivity contribution in [3.05, 3.63) is 513 Å². The molecule has 0 aliphatic heterocycles. The van der Waals surface area contributed by atoms with Crippen molar-refractivity contribution in [1.29, 1.82) is 0 Å². The van der Waals surface area contributed by atoms with E-state index in [1.807, 2.05) is 0 Å². The highest BCUT2D eigenvalue weighted by molar-refractivity contribution is 6.18. The number of para-hydroxylation sites is 11. The lowest BCUT2D eigenvalue weighted by Crippen LogP contribution is -1.95. The average molecular weight is 1670 g/mol. The summed E-state index contributed by atoms with van der Waals surface area (Å²) < 4.78 is 11.9. The Hall–Kier alpha value is -16.6. The van der Waals surface area contributed by atoms with Gasteiger partial charge in [0.05, 0.1) is 55.2 Å². The summed E-state index contributed by atoms with van der Waals surface area (Å²) in [5, 5.41) is 13.0. The second kappa shape index (κ2) is 35.4. The molecule has 25 aromatic rings. The Kier molecular flexibility index (Phi) is 21.9. The van der Waals surface area contributed by atoms with E-state index in [9.17, 15) is 0 Å². The SMILES string of the molecule is Cc1ccc(-c2cccc3c4ccccc4n(-c4ccccc4)c23)cc1.Cc1ccc2c(c1)c1cc(-c3ccccc3)ccc1n2-c1ccccc1.Cc1ccc2c3cc(-c4ccccc4)ccc3n(-c3ccccc3)c2c1.Cc1cccc(-c2cccc3c4ccccc4n(-c4ccccc4)c23)c1.Cc1ccccc1-c1cccc2c3ccccc3n(-c3ccccc3)c12. The molecule has 0 saturated heterocycles. The Bertz CT molecular complexity index is 8400. The van der Waals surface area contributed by atoms with Gasteiger partial charge in [-0.2, -0.15) is 0 Å². The van der Waals surface area contributed by atoms with E-state index in [2.05, 4.69) is 543 Å². The van der Waals surface area contributed by atoms with Gasteiger partial charge in [-0.15, -0.1) is 0 Å². The lowest BCUT2D eigenvalue weighted by Gasteiger charge is -2.13. The fraction of sp³-hybridized carbons (Fsp3) is 0.0400. The molecule has 5 nitrogen and oxygen atoms in total. The Labute approximate surface area is 758 Å². The zero-order valence-electron chi connectivity index (χ0n) is 73.4. The van der Waals surface area contributed by atoms with Gasteiger partial charge >= 0.3 is 0 Å². The largest absolute Gasteiger partial charge is 0.309 e. The molecule has 0 radical (unpaired) electrons. The van der Waals surface area contributed by atoms with Gasteiger partial charge in [-0.1, -0.05) is 381 Å². The quantitative estimate of drug-likeness (QED) is 0.130. The van der Waals surface area contributed by atoms with Gasteiger partial charge in [-0.25, -0.2) is 0 Å². The molecule has 5 heteroatoms. The molecule has 0 saturated carbocycles. The zero-order valence-corrected chi connectivity index (χ0v) is 73.4. The van der Waals surface area contributed by atoms with Crippen LogP contribution in [0.15, 0.2) is 485 Å². The maximum absolute atomic E-state index is 2.40. The average Bonchev–Trinajstić information content (AvgIpc) is 1.60. The molecule has 0 N–H and O–H groups in total. The number of hydrogen-bond acceptors (Lipinski definition) is 0. The van der Waals surface area contributed by atoms with Crippen LogP contribution in [0.5, 0.6) is 0 Å². The highest BCUT2D eigenvalue weighted by Gasteiger charge is 2.22. The number of aryl methyl sites for hydroxylation is 5. The summed E-state index contributed by atoms with van der Waals surface area (Å²) in [6.45, 7) is 10.8. The molecule has 0 bridgehead atoms. The predicted molar refractivity (Wildman–Crippen MR) is 555 cm³/mol. The normalized spacial score (nSPS) is 11.3. The van der Waals surface area contributed by atoms with Gasteiger partial charge in [0, 0.05) is 99.0 Å². The molecule has 0 unspecified atom stereocenters. The van der Waals surface area contributed by atoms with Crippen molar-refractivity contribution in [2.45, 2.75) is 34.6 Å². The van der Waals surface area contributed by atoms with Gasteiger partial charge in [0.25, 0.3) is 0 Å². The number of nitrogens with zero attached hydrogens (tertiary/aromatic N) is 5. The number of benzene rings is 20. The minimum atomic E-state index is 1.19. The van der Waals surface area contributed by atoms with Gasteiger partial charge in [0.15, 0.2) is 0 Å². The molecule has 0 aliphatic carbocycles. The molecule has 20 aromatic carbocycles. The van der Waals surface area contributed by atoms with E-state index in [1.165, 1.54) is 221 Å². The lowest BCUT2D eigenvalue weighted by atomic mass is 9.98. The van der Waals surface area contributed by atoms with Crippen LogP contribution in [-0.4, -0.2) is 22.8 Å². The van der Waals surface area contributed by atoms with E-state index in [-0.39, 0.29) is 0 Å². The minimum absolute atomic E-state index is 1.19. The predicted octanol–water partition coefficient (Wildman–Crippen LogP) is 33.8. The zero-order chi connectivity index (χ0) is 87.5. The topological polar surface area (TPSA) is 24.6 Å². The van der Waals surface area contributed by atoms with Crippen molar-refractivity contribution in [1.82, 2.24) is 22.8 Å². The van der Waals surface area contributed by atoms with E-state index in [4.69, 9.17) is 0 Å². The lowest BCUT2D eigenvalue weighted by molar-refractivity contribution is 1.18. The monoisotopic (exact) mass is 1670 g/mol. The molecule has 130 heavy (non-hydrogen) atoms. The Morgan fingerprint density at radius 3 is 0.869 bits per heavy atom. The highest BCUT2D eigenvalue weighted by Crippen LogP contribution is 2.44. The van der Waals surface area contributed by atoms with Crippen LogP contribution in [0.3, 0.4) is 0 Å². The van der Waals surface area contributed by atoms with Crippen LogP contribution in [0.4, 0.5) is 0 Å². The minimum Gasteiger partial charge on any atom is -0.309 e. The summed E-state index contributed by atoms with van der Waals surface area (Å²) in [5.74, 6) is 0. The van der Waals surface area contributed by atoms with Gasteiger partial charge in [0.1, 0.15) is 0 Å². The van der Waals surface area contributed by atoms with Crippen LogP contribution in [0.25, 0.3) is 193 Å². The first-order valence-electron chi connectivity index (χ1n) is 44.9. The van der Waals surface area contributed by atoms with Crippen LogP contribution in [0.2, 0.25) is 0 Å². The van der Waals surface area contributed by atoms with Crippen molar-refractivity contribution in [2.24, 2.45) is 0 Å². The Balaban J connectivity index is 0.0000000983. The molecular weight excluding hydrogens is 1570 g/mol. The van der Waals surface area contributed by atoms with Gasteiger partial charge in [0.2, 0.25) is 0 Å².